The molecule has 2 aliphatic rings. The lowest BCUT2D eigenvalue weighted by Gasteiger charge is -2.20. The molecule has 5 rings (SSSR count). The third kappa shape index (κ3) is 3.38. The summed E-state index contributed by atoms with van der Waals surface area (Å²) in [6, 6.07) is 12.6. The van der Waals surface area contributed by atoms with Gasteiger partial charge in [0.2, 0.25) is 0 Å². The highest BCUT2D eigenvalue weighted by atomic mass is 16.6. The van der Waals surface area contributed by atoms with E-state index in [0.29, 0.717) is 35.8 Å². The molecule has 1 aromatic heterocycles. The first-order valence-electron chi connectivity index (χ1n) is 10.2. The molecule has 0 unspecified atom stereocenters. The standard InChI is InChI=1S/C24H21NO5/c26-20(15-9-10-21-22(13-15)29-12-11-28-21)14-30-24(27)23-16-5-1-3-7-18(16)25-19-8-4-2-6-17(19)23/h1,3,5,7,9-10,13H,2,4,6,8,11-12,14H2. The summed E-state index contributed by atoms with van der Waals surface area (Å²) in [6.07, 6.45) is 3.74. The Balaban J connectivity index is 1.39. The number of hydrogen-bond acceptors (Lipinski definition) is 6. The number of rotatable bonds is 4. The van der Waals surface area contributed by atoms with Crippen molar-refractivity contribution in [2.24, 2.45) is 0 Å². The van der Waals surface area contributed by atoms with Crippen LogP contribution in [0.25, 0.3) is 10.9 Å². The number of benzene rings is 2. The zero-order valence-electron chi connectivity index (χ0n) is 16.5. The van der Waals surface area contributed by atoms with Crippen LogP contribution in [-0.2, 0) is 17.6 Å². The minimum absolute atomic E-state index is 0.285. The van der Waals surface area contributed by atoms with Crippen molar-refractivity contribution < 1.29 is 23.8 Å². The van der Waals surface area contributed by atoms with Crippen LogP contribution in [0.5, 0.6) is 11.5 Å². The van der Waals surface area contributed by atoms with Crippen LogP contribution in [0.4, 0.5) is 0 Å². The maximum absolute atomic E-state index is 13.1. The summed E-state index contributed by atoms with van der Waals surface area (Å²) in [5.74, 6) is 0.391. The van der Waals surface area contributed by atoms with Crippen molar-refractivity contribution in [1.82, 2.24) is 4.98 Å². The topological polar surface area (TPSA) is 74.7 Å². The van der Waals surface area contributed by atoms with Gasteiger partial charge in [-0.3, -0.25) is 9.78 Å². The Hall–Kier alpha value is -3.41. The largest absolute Gasteiger partial charge is 0.486 e. The third-order valence-electron chi connectivity index (χ3n) is 5.57. The Bertz CT molecular complexity index is 1150. The van der Waals surface area contributed by atoms with E-state index >= 15 is 0 Å². The smallest absolute Gasteiger partial charge is 0.339 e. The second kappa shape index (κ2) is 7.78. The van der Waals surface area contributed by atoms with Gasteiger partial charge in [-0.2, -0.15) is 0 Å². The first-order valence-corrected chi connectivity index (χ1v) is 10.2. The van der Waals surface area contributed by atoms with Gasteiger partial charge in [-0.05, 0) is 55.5 Å². The lowest BCUT2D eigenvalue weighted by Crippen LogP contribution is -2.19. The van der Waals surface area contributed by atoms with Gasteiger partial charge >= 0.3 is 5.97 Å². The zero-order valence-corrected chi connectivity index (χ0v) is 16.5. The summed E-state index contributed by atoms with van der Waals surface area (Å²) >= 11 is 0. The van der Waals surface area contributed by atoms with Crippen LogP contribution in [0.1, 0.15) is 44.8 Å². The molecule has 0 saturated heterocycles. The third-order valence-corrected chi connectivity index (χ3v) is 5.57. The lowest BCUT2D eigenvalue weighted by atomic mass is 9.90. The van der Waals surface area contributed by atoms with Crippen molar-refractivity contribution >= 4 is 22.7 Å². The number of nitrogens with zero attached hydrogens (tertiary/aromatic N) is 1. The number of carbonyl (C=O) groups excluding carboxylic acids is 2. The van der Waals surface area contributed by atoms with Crippen LogP contribution in [-0.4, -0.2) is 36.6 Å². The van der Waals surface area contributed by atoms with Gasteiger partial charge in [0.05, 0.1) is 11.1 Å². The Morgan fingerprint density at radius 1 is 0.967 bits per heavy atom. The molecule has 1 aliphatic carbocycles. The summed E-state index contributed by atoms with van der Waals surface area (Å²) in [4.78, 5) is 30.4. The molecule has 0 amide bonds. The van der Waals surface area contributed by atoms with Crippen LogP contribution in [0.2, 0.25) is 0 Å². The Labute approximate surface area is 173 Å². The molecule has 0 N–H and O–H groups in total. The van der Waals surface area contributed by atoms with Gasteiger partial charge in [0.15, 0.2) is 23.9 Å². The van der Waals surface area contributed by atoms with E-state index in [4.69, 9.17) is 19.2 Å². The van der Waals surface area contributed by atoms with Crippen molar-refractivity contribution in [3.8, 4) is 11.5 Å². The highest BCUT2D eigenvalue weighted by Gasteiger charge is 2.24. The second-order valence-corrected chi connectivity index (χ2v) is 7.49. The van der Waals surface area contributed by atoms with Gasteiger partial charge < -0.3 is 14.2 Å². The fourth-order valence-electron chi connectivity index (χ4n) is 4.11. The van der Waals surface area contributed by atoms with Crippen molar-refractivity contribution in [3.05, 3.63) is 64.8 Å². The minimum atomic E-state index is -0.474. The molecule has 2 heterocycles. The van der Waals surface area contributed by atoms with Crippen molar-refractivity contribution in [2.45, 2.75) is 25.7 Å². The average molecular weight is 403 g/mol. The Morgan fingerprint density at radius 3 is 2.67 bits per heavy atom. The number of para-hydroxylation sites is 1. The predicted octanol–water partition coefficient (Wildman–Crippen LogP) is 3.92. The first kappa shape index (κ1) is 18.6. The molecule has 0 saturated carbocycles. The molecule has 2 aromatic carbocycles. The summed E-state index contributed by atoms with van der Waals surface area (Å²) in [5.41, 5.74) is 3.67. The average Bonchev–Trinajstić information content (AvgIpc) is 2.80. The quantitative estimate of drug-likeness (QED) is 0.485. The van der Waals surface area contributed by atoms with Crippen LogP contribution in [0, 0.1) is 0 Å². The summed E-state index contributed by atoms with van der Waals surface area (Å²) in [7, 11) is 0. The van der Waals surface area contributed by atoms with Gasteiger partial charge in [0.1, 0.15) is 13.2 Å². The minimum Gasteiger partial charge on any atom is -0.486 e. The summed E-state index contributed by atoms with van der Waals surface area (Å²) in [5, 5.41) is 0.773. The van der Waals surface area contributed by atoms with Gasteiger partial charge in [0.25, 0.3) is 0 Å². The molecule has 0 radical (unpaired) electrons. The maximum Gasteiger partial charge on any atom is 0.339 e. The SMILES string of the molecule is O=C(COC(=O)c1c2c(nc3ccccc13)CCCC2)c1ccc2c(c1)OCCO2. The van der Waals surface area contributed by atoms with E-state index in [2.05, 4.69) is 0 Å². The van der Waals surface area contributed by atoms with Crippen LogP contribution < -0.4 is 9.47 Å². The number of carbonyl (C=O) groups is 2. The number of ketones is 1. The van der Waals surface area contributed by atoms with E-state index < -0.39 is 5.97 Å². The highest BCUT2D eigenvalue weighted by Crippen LogP contribution is 2.32. The molecule has 30 heavy (non-hydrogen) atoms. The van der Waals surface area contributed by atoms with Crippen molar-refractivity contribution in [3.63, 3.8) is 0 Å². The predicted molar refractivity (Wildman–Crippen MR) is 110 cm³/mol. The fourth-order valence-corrected chi connectivity index (χ4v) is 4.11. The number of Topliss-reactive ketones (excluding diaryl/α,β-unsaturated/α-hetero) is 1. The van der Waals surface area contributed by atoms with E-state index in [0.717, 1.165) is 47.8 Å². The van der Waals surface area contributed by atoms with Gasteiger partial charge in [-0.15, -0.1) is 0 Å². The molecule has 0 atom stereocenters. The van der Waals surface area contributed by atoms with Gasteiger partial charge in [-0.25, -0.2) is 4.79 Å². The van der Waals surface area contributed by atoms with E-state index in [9.17, 15) is 9.59 Å². The Morgan fingerprint density at radius 2 is 1.77 bits per heavy atom. The molecule has 0 bridgehead atoms. The molecule has 3 aromatic rings. The normalized spacial score (nSPS) is 14.8. The molecule has 0 spiro atoms. The highest BCUT2D eigenvalue weighted by molar-refractivity contribution is 6.06. The van der Waals surface area contributed by atoms with Gasteiger partial charge in [0, 0.05) is 16.6 Å². The second-order valence-electron chi connectivity index (χ2n) is 7.49. The zero-order chi connectivity index (χ0) is 20.5. The number of esters is 1. The van der Waals surface area contributed by atoms with Gasteiger partial charge in [-0.1, -0.05) is 18.2 Å². The number of fused-ring (bicyclic) bond motifs is 3. The molecule has 152 valence electrons. The fraction of sp³-hybridized carbons (Fsp3) is 0.292. The van der Waals surface area contributed by atoms with Crippen molar-refractivity contribution in [1.29, 1.82) is 0 Å². The lowest BCUT2D eigenvalue weighted by molar-refractivity contribution is 0.0475. The van der Waals surface area contributed by atoms with Crippen LogP contribution in [0.15, 0.2) is 42.5 Å². The monoisotopic (exact) mass is 403 g/mol. The van der Waals surface area contributed by atoms with E-state index in [-0.39, 0.29) is 12.4 Å². The van der Waals surface area contributed by atoms with E-state index in [1.165, 1.54) is 0 Å². The number of aromatic nitrogens is 1. The summed E-state index contributed by atoms with van der Waals surface area (Å²) < 4.78 is 16.5. The van der Waals surface area contributed by atoms with Crippen LogP contribution >= 0.6 is 0 Å². The molecular weight excluding hydrogens is 382 g/mol. The molecule has 0 fully saturated rings. The number of pyridine rings is 1. The molecule has 6 heteroatoms. The van der Waals surface area contributed by atoms with Crippen LogP contribution in [0.3, 0.4) is 0 Å². The molecule has 6 nitrogen and oxygen atoms in total. The summed E-state index contributed by atoms with van der Waals surface area (Å²) in [6.45, 7) is 0.603. The maximum atomic E-state index is 13.1. The number of hydrogen-bond donors (Lipinski definition) is 0. The Kier molecular flexibility index (Phi) is 4.83. The number of ether oxygens (including phenoxy) is 3. The van der Waals surface area contributed by atoms with E-state index in [1.807, 2.05) is 24.3 Å². The number of aryl methyl sites for hydroxylation is 1. The molecule has 1 aliphatic heterocycles. The van der Waals surface area contributed by atoms with Crippen molar-refractivity contribution in [2.75, 3.05) is 19.8 Å². The molecular formula is C24H21NO5. The first-order chi connectivity index (χ1) is 14.7. The van der Waals surface area contributed by atoms with E-state index in [1.54, 1.807) is 18.2 Å².